The van der Waals surface area contributed by atoms with Crippen LogP contribution in [0.2, 0.25) is 0 Å². The fourth-order valence-corrected chi connectivity index (χ4v) is 3.38. The maximum Gasteiger partial charge on any atom is 0.311 e. The lowest BCUT2D eigenvalue weighted by atomic mass is 10.1. The summed E-state index contributed by atoms with van der Waals surface area (Å²) in [6.45, 7) is 5.15. The van der Waals surface area contributed by atoms with Gasteiger partial charge in [-0.15, -0.1) is 10.2 Å². The van der Waals surface area contributed by atoms with Crippen LogP contribution in [0.1, 0.15) is 33.0 Å². The van der Waals surface area contributed by atoms with E-state index in [-0.39, 0.29) is 24.0 Å². The molecule has 1 N–H and O–H groups in total. The molecule has 0 aliphatic carbocycles. The van der Waals surface area contributed by atoms with Crippen molar-refractivity contribution in [1.82, 2.24) is 10.2 Å². The molecule has 0 unspecified atom stereocenters. The molecule has 8 nitrogen and oxygen atoms in total. The fraction of sp³-hybridized carbons (Fsp3) is 0.400. The molecule has 0 bridgehead atoms. The zero-order chi connectivity index (χ0) is 18.4. The smallest absolute Gasteiger partial charge is 0.311 e. The third kappa shape index (κ3) is 6.31. The summed E-state index contributed by atoms with van der Waals surface area (Å²) in [5, 5.41) is 10.7. The van der Waals surface area contributed by atoms with Gasteiger partial charge in [0.25, 0.3) is 0 Å². The molecule has 0 aliphatic rings. The van der Waals surface area contributed by atoms with Gasteiger partial charge in [0.1, 0.15) is 12.0 Å². The molecule has 2 aromatic rings. The van der Waals surface area contributed by atoms with Gasteiger partial charge in [-0.25, -0.2) is 0 Å². The van der Waals surface area contributed by atoms with Crippen molar-refractivity contribution in [2.45, 2.75) is 37.3 Å². The predicted molar refractivity (Wildman–Crippen MR) is 93.8 cm³/mol. The number of nitrogens with one attached hydrogen (secondary N) is 1. The summed E-state index contributed by atoms with van der Waals surface area (Å²) in [6, 6.07) is 1.28. The Morgan fingerprint density at radius 3 is 2.80 bits per heavy atom. The van der Waals surface area contributed by atoms with Crippen molar-refractivity contribution in [1.29, 1.82) is 0 Å². The van der Waals surface area contributed by atoms with Gasteiger partial charge in [-0.2, -0.15) is 0 Å². The van der Waals surface area contributed by atoms with E-state index >= 15 is 0 Å². The first kappa shape index (κ1) is 19.1. The van der Waals surface area contributed by atoms with Crippen LogP contribution in [0.4, 0.5) is 5.13 Å². The second kappa shape index (κ2) is 8.77. The lowest BCUT2D eigenvalue weighted by Gasteiger charge is -2.05. The zero-order valence-electron chi connectivity index (χ0n) is 13.9. The summed E-state index contributed by atoms with van der Waals surface area (Å²) in [5.41, 5.74) is -0.421. The minimum Gasteiger partial charge on any atom is -0.464 e. The number of rotatable bonds is 7. The molecular weight excluding hydrogens is 366 g/mol. The third-order valence-corrected chi connectivity index (χ3v) is 4.67. The molecule has 0 saturated carbocycles. The molecule has 10 heteroatoms. The molecule has 2 rings (SSSR count). The van der Waals surface area contributed by atoms with Crippen molar-refractivity contribution in [3.8, 4) is 5.75 Å². The molecule has 1 amide bonds. The Bertz CT molecular complexity index is 815. The Morgan fingerprint density at radius 1 is 1.40 bits per heavy atom. The standard InChI is InChI=1S/C15H17N3O5S2/c1-8(2)4-13(21)23-12-6-22-10(5-11(12)20)7-24-15-18-17-14(25-15)16-9(3)19/h5-6,8H,4,7H2,1-3H3,(H,16,17,19). The van der Waals surface area contributed by atoms with Gasteiger partial charge in [-0.05, 0) is 5.92 Å². The van der Waals surface area contributed by atoms with Crippen LogP contribution >= 0.6 is 23.1 Å². The van der Waals surface area contributed by atoms with E-state index in [0.29, 0.717) is 21.0 Å². The molecular formula is C15H17N3O5S2. The summed E-state index contributed by atoms with van der Waals surface area (Å²) >= 11 is 2.53. The number of hydrogen-bond acceptors (Lipinski definition) is 9. The lowest BCUT2D eigenvalue weighted by Crippen LogP contribution is -2.16. The highest BCUT2D eigenvalue weighted by atomic mass is 32.2. The number of anilines is 1. The van der Waals surface area contributed by atoms with Gasteiger partial charge in [0.2, 0.25) is 22.2 Å². The maximum absolute atomic E-state index is 12.0. The van der Waals surface area contributed by atoms with Gasteiger partial charge in [-0.1, -0.05) is 36.9 Å². The topological polar surface area (TPSA) is 111 Å². The first-order valence-electron chi connectivity index (χ1n) is 7.39. The quantitative estimate of drug-likeness (QED) is 0.441. The first-order valence-corrected chi connectivity index (χ1v) is 9.20. The normalized spacial score (nSPS) is 10.7. The van der Waals surface area contributed by atoms with Crippen LogP contribution in [0, 0.1) is 5.92 Å². The van der Waals surface area contributed by atoms with Crippen molar-refractivity contribution in [2.24, 2.45) is 5.92 Å². The van der Waals surface area contributed by atoms with Crippen LogP contribution in [-0.4, -0.2) is 22.1 Å². The Balaban J connectivity index is 1.94. The van der Waals surface area contributed by atoms with Gasteiger partial charge in [-0.3, -0.25) is 14.4 Å². The second-order valence-electron chi connectivity index (χ2n) is 5.49. The van der Waals surface area contributed by atoms with E-state index in [1.165, 1.54) is 36.1 Å². The van der Waals surface area contributed by atoms with Crippen molar-refractivity contribution in [3.05, 3.63) is 28.3 Å². The molecule has 25 heavy (non-hydrogen) atoms. The number of aromatic nitrogens is 2. The lowest BCUT2D eigenvalue weighted by molar-refractivity contribution is -0.135. The molecule has 0 saturated heterocycles. The minimum atomic E-state index is -0.469. The highest BCUT2D eigenvalue weighted by Gasteiger charge is 2.13. The van der Waals surface area contributed by atoms with Crippen LogP contribution in [0.5, 0.6) is 5.75 Å². The van der Waals surface area contributed by atoms with E-state index < -0.39 is 11.4 Å². The molecule has 0 radical (unpaired) electrons. The molecule has 2 heterocycles. The Hall–Kier alpha value is -2.20. The van der Waals surface area contributed by atoms with Crippen LogP contribution in [0.15, 0.2) is 25.9 Å². The van der Waals surface area contributed by atoms with Gasteiger partial charge in [0.05, 0.1) is 5.75 Å². The molecule has 0 aromatic carbocycles. The summed E-state index contributed by atoms with van der Waals surface area (Å²) in [4.78, 5) is 34.5. The largest absolute Gasteiger partial charge is 0.464 e. The number of ether oxygens (including phenoxy) is 1. The van der Waals surface area contributed by atoms with E-state index in [9.17, 15) is 14.4 Å². The Labute approximate surface area is 152 Å². The number of thioether (sulfide) groups is 1. The van der Waals surface area contributed by atoms with Crippen LogP contribution in [0.25, 0.3) is 0 Å². The van der Waals surface area contributed by atoms with Crippen molar-refractivity contribution >= 4 is 40.1 Å². The Morgan fingerprint density at radius 2 is 2.16 bits per heavy atom. The molecule has 2 aromatic heterocycles. The molecule has 134 valence electrons. The van der Waals surface area contributed by atoms with Crippen LogP contribution < -0.4 is 15.5 Å². The number of carbonyl (C=O) groups is 2. The average molecular weight is 383 g/mol. The zero-order valence-corrected chi connectivity index (χ0v) is 15.5. The SMILES string of the molecule is CC(=O)Nc1nnc(SCc2cc(=O)c(OC(=O)CC(C)C)co2)s1. The van der Waals surface area contributed by atoms with Gasteiger partial charge < -0.3 is 14.5 Å². The summed E-state index contributed by atoms with van der Waals surface area (Å²) < 4.78 is 11.0. The fourth-order valence-electron chi connectivity index (χ4n) is 1.69. The van der Waals surface area contributed by atoms with Crippen molar-refractivity contribution < 1.29 is 18.7 Å². The number of esters is 1. The van der Waals surface area contributed by atoms with E-state index in [2.05, 4.69) is 15.5 Å². The van der Waals surface area contributed by atoms with E-state index in [1.807, 2.05) is 13.8 Å². The maximum atomic E-state index is 12.0. The van der Waals surface area contributed by atoms with Gasteiger partial charge in [0, 0.05) is 19.4 Å². The first-order chi connectivity index (χ1) is 11.8. The van der Waals surface area contributed by atoms with Crippen molar-refractivity contribution in [3.63, 3.8) is 0 Å². The summed E-state index contributed by atoms with van der Waals surface area (Å²) in [7, 11) is 0. The number of nitrogens with zero attached hydrogens (tertiary/aromatic N) is 2. The van der Waals surface area contributed by atoms with Gasteiger partial charge >= 0.3 is 5.97 Å². The summed E-state index contributed by atoms with van der Waals surface area (Å²) in [6.07, 6.45) is 1.37. The highest BCUT2D eigenvalue weighted by Crippen LogP contribution is 2.28. The third-order valence-electron chi connectivity index (χ3n) is 2.68. The van der Waals surface area contributed by atoms with Crippen LogP contribution in [0.3, 0.4) is 0 Å². The highest BCUT2D eigenvalue weighted by molar-refractivity contribution is 8.00. The number of hydrogen-bond donors (Lipinski definition) is 1. The second-order valence-corrected chi connectivity index (χ2v) is 7.69. The van der Waals surface area contributed by atoms with E-state index in [4.69, 9.17) is 9.15 Å². The summed E-state index contributed by atoms with van der Waals surface area (Å²) in [5.74, 6) is 0.0947. The van der Waals surface area contributed by atoms with Crippen molar-refractivity contribution in [2.75, 3.05) is 5.32 Å². The molecule has 0 atom stereocenters. The molecule has 0 aliphatic heterocycles. The monoisotopic (exact) mass is 383 g/mol. The minimum absolute atomic E-state index is 0.122. The van der Waals surface area contributed by atoms with E-state index in [1.54, 1.807) is 0 Å². The number of carbonyl (C=O) groups excluding carboxylic acids is 2. The van der Waals surface area contributed by atoms with Crippen LogP contribution in [-0.2, 0) is 15.3 Å². The number of amides is 1. The van der Waals surface area contributed by atoms with E-state index in [0.717, 1.165) is 6.26 Å². The average Bonchev–Trinajstić information content (AvgIpc) is 2.93. The molecule has 0 spiro atoms. The Kier molecular flexibility index (Phi) is 6.71. The van der Waals surface area contributed by atoms with Gasteiger partial charge in [0.15, 0.2) is 4.34 Å². The predicted octanol–water partition coefficient (Wildman–Crippen LogP) is 2.69. The molecule has 0 fully saturated rings.